The Morgan fingerprint density at radius 3 is 2.67 bits per heavy atom. The summed E-state index contributed by atoms with van der Waals surface area (Å²) in [5, 5.41) is 0. The fraction of sp³-hybridized carbons (Fsp3) is 0.214. The molecule has 0 aliphatic carbocycles. The Bertz CT molecular complexity index is 554. The molecule has 2 rings (SSSR count). The molecular formula is C14H17N3O. The second-order valence-corrected chi connectivity index (χ2v) is 4.20. The standard InChI is InChI=1S/C14H17N3O/c1-9-5-6-10(12(8-9)18-2)13(15)11-4-3-7-17-14(11)16/h3-8,13H,15H2,1-2H3,(H2,16,17). The van der Waals surface area contributed by atoms with Crippen molar-refractivity contribution in [3.8, 4) is 5.75 Å². The molecule has 0 aliphatic heterocycles. The highest BCUT2D eigenvalue weighted by Crippen LogP contribution is 2.30. The van der Waals surface area contributed by atoms with Crippen molar-refractivity contribution in [3.05, 3.63) is 53.2 Å². The lowest BCUT2D eigenvalue weighted by atomic mass is 9.98. The zero-order chi connectivity index (χ0) is 13.1. The van der Waals surface area contributed by atoms with Gasteiger partial charge in [0.1, 0.15) is 11.6 Å². The normalized spacial score (nSPS) is 12.2. The van der Waals surface area contributed by atoms with Crippen LogP contribution in [0.3, 0.4) is 0 Å². The number of aryl methyl sites for hydroxylation is 1. The largest absolute Gasteiger partial charge is 0.496 e. The Balaban J connectivity index is 2.46. The first kappa shape index (κ1) is 12.4. The highest BCUT2D eigenvalue weighted by atomic mass is 16.5. The molecule has 18 heavy (non-hydrogen) atoms. The van der Waals surface area contributed by atoms with Gasteiger partial charge in [-0.15, -0.1) is 0 Å². The van der Waals surface area contributed by atoms with Gasteiger partial charge in [-0.2, -0.15) is 0 Å². The van der Waals surface area contributed by atoms with Gasteiger partial charge in [0.05, 0.1) is 13.2 Å². The average Bonchev–Trinajstić information content (AvgIpc) is 2.38. The molecule has 1 unspecified atom stereocenters. The van der Waals surface area contributed by atoms with Crippen molar-refractivity contribution < 1.29 is 4.74 Å². The summed E-state index contributed by atoms with van der Waals surface area (Å²) in [7, 11) is 1.64. The van der Waals surface area contributed by atoms with E-state index in [0.717, 1.165) is 22.4 Å². The van der Waals surface area contributed by atoms with E-state index < -0.39 is 0 Å². The first-order valence-corrected chi connectivity index (χ1v) is 5.74. The fourth-order valence-corrected chi connectivity index (χ4v) is 1.94. The molecule has 1 heterocycles. The number of hydrogen-bond acceptors (Lipinski definition) is 4. The van der Waals surface area contributed by atoms with Crippen molar-refractivity contribution in [1.29, 1.82) is 0 Å². The highest BCUT2D eigenvalue weighted by Gasteiger charge is 2.16. The second-order valence-electron chi connectivity index (χ2n) is 4.20. The van der Waals surface area contributed by atoms with E-state index in [1.165, 1.54) is 0 Å². The maximum absolute atomic E-state index is 6.24. The Labute approximate surface area is 107 Å². The summed E-state index contributed by atoms with van der Waals surface area (Å²) in [6.45, 7) is 2.01. The summed E-state index contributed by atoms with van der Waals surface area (Å²) in [4.78, 5) is 4.06. The number of ether oxygens (including phenoxy) is 1. The van der Waals surface area contributed by atoms with Crippen molar-refractivity contribution >= 4 is 5.82 Å². The molecule has 1 atom stereocenters. The summed E-state index contributed by atoms with van der Waals surface area (Å²) in [5.74, 6) is 1.22. The van der Waals surface area contributed by atoms with E-state index in [2.05, 4.69) is 4.98 Å². The minimum Gasteiger partial charge on any atom is -0.496 e. The van der Waals surface area contributed by atoms with Gasteiger partial charge in [-0.05, 0) is 24.6 Å². The molecule has 0 spiro atoms. The van der Waals surface area contributed by atoms with Gasteiger partial charge in [0.2, 0.25) is 0 Å². The Kier molecular flexibility index (Phi) is 3.48. The average molecular weight is 243 g/mol. The van der Waals surface area contributed by atoms with Gasteiger partial charge in [-0.3, -0.25) is 0 Å². The summed E-state index contributed by atoms with van der Waals surface area (Å²) in [6.07, 6.45) is 1.65. The van der Waals surface area contributed by atoms with Crippen LogP contribution in [0, 0.1) is 6.92 Å². The van der Waals surface area contributed by atoms with Gasteiger partial charge in [-0.25, -0.2) is 4.98 Å². The molecule has 0 saturated carbocycles. The first-order valence-electron chi connectivity index (χ1n) is 5.74. The van der Waals surface area contributed by atoms with Crippen LogP contribution < -0.4 is 16.2 Å². The van der Waals surface area contributed by atoms with Crippen molar-refractivity contribution in [2.24, 2.45) is 5.73 Å². The van der Waals surface area contributed by atoms with Gasteiger partial charge >= 0.3 is 0 Å². The third-order valence-electron chi connectivity index (χ3n) is 2.93. The van der Waals surface area contributed by atoms with Crippen LogP contribution in [0.15, 0.2) is 36.5 Å². The van der Waals surface area contributed by atoms with Crippen LogP contribution in [0.1, 0.15) is 22.7 Å². The SMILES string of the molecule is COc1cc(C)ccc1C(N)c1cccnc1N. The molecule has 0 fully saturated rings. The van der Waals surface area contributed by atoms with E-state index in [0.29, 0.717) is 5.82 Å². The molecule has 4 nitrogen and oxygen atoms in total. The Morgan fingerprint density at radius 2 is 2.00 bits per heavy atom. The minimum absolute atomic E-state index is 0.339. The van der Waals surface area contributed by atoms with Crippen LogP contribution >= 0.6 is 0 Å². The van der Waals surface area contributed by atoms with E-state index in [1.54, 1.807) is 13.3 Å². The molecule has 0 radical (unpaired) electrons. The number of benzene rings is 1. The van der Waals surface area contributed by atoms with Gasteiger partial charge in [-0.1, -0.05) is 18.2 Å². The predicted molar refractivity (Wildman–Crippen MR) is 72.4 cm³/mol. The molecule has 1 aromatic carbocycles. The van der Waals surface area contributed by atoms with E-state index in [-0.39, 0.29) is 6.04 Å². The number of pyridine rings is 1. The second kappa shape index (κ2) is 5.06. The molecule has 1 aromatic heterocycles. The molecular weight excluding hydrogens is 226 g/mol. The minimum atomic E-state index is -0.339. The van der Waals surface area contributed by atoms with Gasteiger partial charge < -0.3 is 16.2 Å². The van der Waals surface area contributed by atoms with Crippen molar-refractivity contribution in [2.75, 3.05) is 12.8 Å². The fourth-order valence-electron chi connectivity index (χ4n) is 1.94. The third-order valence-corrected chi connectivity index (χ3v) is 2.93. The van der Waals surface area contributed by atoms with E-state index in [9.17, 15) is 0 Å². The number of aromatic nitrogens is 1. The van der Waals surface area contributed by atoms with Crippen LogP contribution in [-0.2, 0) is 0 Å². The van der Waals surface area contributed by atoms with Gasteiger partial charge in [0.15, 0.2) is 0 Å². The van der Waals surface area contributed by atoms with Gasteiger partial charge in [0, 0.05) is 17.3 Å². The molecule has 0 saturated heterocycles. The quantitative estimate of drug-likeness (QED) is 0.865. The summed E-state index contributed by atoms with van der Waals surface area (Å²) < 4.78 is 5.37. The monoisotopic (exact) mass is 243 g/mol. The summed E-state index contributed by atoms with van der Waals surface area (Å²) in [5.41, 5.74) is 14.9. The number of hydrogen-bond donors (Lipinski definition) is 2. The van der Waals surface area contributed by atoms with Gasteiger partial charge in [0.25, 0.3) is 0 Å². The summed E-state index contributed by atoms with van der Waals surface area (Å²) in [6, 6.07) is 9.30. The maximum atomic E-state index is 6.24. The number of nitrogens with zero attached hydrogens (tertiary/aromatic N) is 1. The summed E-state index contributed by atoms with van der Waals surface area (Å²) >= 11 is 0. The lowest BCUT2D eigenvalue weighted by molar-refractivity contribution is 0.407. The topological polar surface area (TPSA) is 74.2 Å². The zero-order valence-electron chi connectivity index (χ0n) is 10.6. The van der Waals surface area contributed by atoms with Crippen molar-refractivity contribution in [2.45, 2.75) is 13.0 Å². The Hall–Kier alpha value is -2.07. The van der Waals surface area contributed by atoms with E-state index in [4.69, 9.17) is 16.2 Å². The smallest absolute Gasteiger partial charge is 0.128 e. The molecule has 0 aliphatic rings. The zero-order valence-corrected chi connectivity index (χ0v) is 10.6. The number of nitrogens with two attached hydrogens (primary N) is 2. The molecule has 2 aromatic rings. The molecule has 0 amide bonds. The van der Waals surface area contributed by atoms with E-state index >= 15 is 0 Å². The molecule has 4 N–H and O–H groups in total. The highest BCUT2D eigenvalue weighted by molar-refractivity contribution is 5.49. The van der Waals surface area contributed by atoms with E-state index in [1.807, 2.05) is 37.3 Å². The number of methoxy groups -OCH3 is 1. The predicted octanol–water partition coefficient (Wildman–Crippen LogP) is 2.03. The lowest BCUT2D eigenvalue weighted by Crippen LogP contribution is -2.15. The molecule has 0 bridgehead atoms. The van der Waals surface area contributed by atoms with Crippen LogP contribution in [0.25, 0.3) is 0 Å². The van der Waals surface area contributed by atoms with Crippen LogP contribution in [0.5, 0.6) is 5.75 Å². The van der Waals surface area contributed by atoms with Crippen LogP contribution in [0.4, 0.5) is 5.82 Å². The number of nitrogen functional groups attached to an aromatic ring is 1. The van der Waals surface area contributed by atoms with Crippen molar-refractivity contribution in [1.82, 2.24) is 4.98 Å². The van der Waals surface area contributed by atoms with Crippen LogP contribution in [-0.4, -0.2) is 12.1 Å². The first-order chi connectivity index (χ1) is 8.63. The molecule has 4 heteroatoms. The number of anilines is 1. The van der Waals surface area contributed by atoms with Crippen LogP contribution in [0.2, 0.25) is 0 Å². The third kappa shape index (κ3) is 2.28. The Morgan fingerprint density at radius 1 is 1.22 bits per heavy atom. The van der Waals surface area contributed by atoms with Crippen molar-refractivity contribution in [3.63, 3.8) is 0 Å². The lowest BCUT2D eigenvalue weighted by Gasteiger charge is -2.17. The number of rotatable bonds is 3. The maximum Gasteiger partial charge on any atom is 0.128 e. The molecule has 94 valence electrons.